The molecule has 3 heteroatoms. The molecule has 0 N–H and O–H groups in total. The van der Waals surface area contributed by atoms with Crippen molar-refractivity contribution < 1.29 is 4.74 Å². The van der Waals surface area contributed by atoms with Crippen LogP contribution in [-0.2, 0) is 4.74 Å². The minimum atomic E-state index is 0.946. The predicted octanol–water partition coefficient (Wildman–Crippen LogP) is 10.5. The van der Waals surface area contributed by atoms with Gasteiger partial charge in [-0.1, -0.05) is 72.8 Å². The van der Waals surface area contributed by atoms with E-state index in [0.717, 1.165) is 52.0 Å². The minimum absolute atomic E-state index is 0.946. The Balaban J connectivity index is 1.36. The number of pyridine rings is 2. The van der Waals surface area contributed by atoms with Crippen molar-refractivity contribution in [3.8, 4) is 55.6 Å². The molecule has 3 nitrogen and oxygen atoms in total. The molecule has 1 aliphatic carbocycles. The zero-order valence-electron chi connectivity index (χ0n) is 24.7. The summed E-state index contributed by atoms with van der Waals surface area (Å²) in [5.41, 5.74) is 13.9. The van der Waals surface area contributed by atoms with Crippen LogP contribution in [0.15, 0.2) is 158 Å². The van der Waals surface area contributed by atoms with Crippen molar-refractivity contribution in [2.45, 2.75) is 12.8 Å². The van der Waals surface area contributed by atoms with Crippen LogP contribution in [0.2, 0.25) is 0 Å². The lowest BCUT2D eigenvalue weighted by atomic mass is 9.90. The van der Waals surface area contributed by atoms with Crippen molar-refractivity contribution in [3.05, 3.63) is 164 Å². The van der Waals surface area contributed by atoms with Crippen LogP contribution in [0.4, 0.5) is 0 Å². The van der Waals surface area contributed by atoms with E-state index in [1.165, 1.54) is 33.4 Å². The van der Waals surface area contributed by atoms with Gasteiger partial charge >= 0.3 is 0 Å². The maximum Gasteiger partial charge on any atom is 0.0964 e. The highest BCUT2D eigenvalue weighted by Crippen LogP contribution is 2.37. The molecule has 2 aromatic heterocycles. The molecule has 0 aliphatic heterocycles. The molecular weight excluding hydrogens is 536 g/mol. The summed E-state index contributed by atoms with van der Waals surface area (Å²) in [4.78, 5) is 8.68. The van der Waals surface area contributed by atoms with Crippen LogP contribution in [0.25, 0.3) is 61.2 Å². The molecule has 212 valence electrons. The molecule has 0 unspecified atom stereocenters. The topological polar surface area (TPSA) is 35.0 Å². The van der Waals surface area contributed by atoms with Crippen molar-refractivity contribution >= 4 is 5.57 Å². The van der Waals surface area contributed by atoms with Crippen LogP contribution in [-0.4, -0.2) is 17.1 Å². The number of hydrogen-bond acceptors (Lipinski definition) is 3. The summed E-state index contributed by atoms with van der Waals surface area (Å²) in [6.07, 6.45) is 13.9. The summed E-state index contributed by atoms with van der Waals surface area (Å²) < 4.78 is 5.58. The highest BCUT2D eigenvalue weighted by molar-refractivity contribution is 5.85. The average Bonchev–Trinajstić information content (AvgIpc) is 3.12. The van der Waals surface area contributed by atoms with E-state index in [1.54, 1.807) is 7.11 Å². The normalized spacial score (nSPS) is 12.8. The fraction of sp³-hybridized carbons (Fsp3) is 0.0732. The Morgan fingerprint density at radius 1 is 0.477 bits per heavy atom. The first-order valence-electron chi connectivity index (χ1n) is 15.0. The highest BCUT2D eigenvalue weighted by atomic mass is 16.5. The molecule has 6 aromatic rings. The van der Waals surface area contributed by atoms with Gasteiger partial charge in [-0.2, -0.15) is 0 Å². The van der Waals surface area contributed by atoms with Crippen molar-refractivity contribution in [1.82, 2.24) is 9.97 Å². The molecule has 0 amide bonds. The second-order valence-corrected chi connectivity index (χ2v) is 11.0. The van der Waals surface area contributed by atoms with Gasteiger partial charge in [0.1, 0.15) is 0 Å². The van der Waals surface area contributed by atoms with Gasteiger partial charge in [0.05, 0.1) is 12.9 Å². The number of benzene rings is 4. The van der Waals surface area contributed by atoms with Crippen LogP contribution in [0.3, 0.4) is 0 Å². The Morgan fingerprint density at radius 3 is 1.34 bits per heavy atom. The quantitative estimate of drug-likeness (QED) is 0.192. The highest BCUT2D eigenvalue weighted by Gasteiger charge is 2.12. The van der Waals surface area contributed by atoms with Crippen LogP contribution in [0, 0.1) is 0 Å². The summed E-state index contributed by atoms with van der Waals surface area (Å²) in [6, 6.07) is 41.4. The lowest BCUT2D eigenvalue weighted by Crippen LogP contribution is -1.95. The summed E-state index contributed by atoms with van der Waals surface area (Å²) >= 11 is 0. The van der Waals surface area contributed by atoms with Crippen LogP contribution in [0.1, 0.15) is 18.4 Å². The Bertz CT molecular complexity index is 1890. The van der Waals surface area contributed by atoms with Gasteiger partial charge in [-0.25, -0.2) is 0 Å². The fourth-order valence-corrected chi connectivity index (χ4v) is 5.87. The van der Waals surface area contributed by atoms with Crippen LogP contribution >= 0.6 is 0 Å². The maximum absolute atomic E-state index is 5.58. The number of allylic oxidation sites excluding steroid dienone is 4. The molecule has 0 spiro atoms. The second-order valence-electron chi connectivity index (χ2n) is 11.0. The Labute approximate surface area is 258 Å². The van der Waals surface area contributed by atoms with E-state index in [-0.39, 0.29) is 0 Å². The van der Waals surface area contributed by atoms with E-state index in [1.807, 2.05) is 36.9 Å². The first kappa shape index (κ1) is 27.3. The van der Waals surface area contributed by atoms with Crippen molar-refractivity contribution in [2.75, 3.05) is 7.11 Å². The Morgan fingerprint density at radius 2 is 0.886 bits per heavy atom. The molecule has 0 fully saturated rings. The molecule has 44 heavy (non-hydrogen) atoms. The molecule has 0 atom stereocenters. The van der Waals surface area contributed by atoms with E-state index in [9.17, 15) is 0 Å². The summed E-state index contributed by atoms with van der Waals surface area (Å²) in [7, 11) is 1.75. The van der Waals surface area contributed by atoms with Crippen LogP contribution in [0.5, 0.6) is 0 Å². The molecule has 0 radical (unpaired) electrons. The first-order chi connectivity index (χ1) is 21.7. The van der Waals surface area contributed by atoms with Gasteiger partial charge < -0.3 is 4.74 Å². The number of rotatable bonds is 7. The fourth-order valence-electron chi connectivity index (χ4n) is 5.87. The second kappa shape index (κ2) is 12.4. The predicted molar refractivity (Wildman–Crippen MR) is 182 cm³/mol. The van der Waals surface area contributed by atoms with Gasteiger partial charge in [0.25, 0.3) is 0 Å². The van der Waals surface area contributed by atoms with E-state index in [2.05, 4.69) is 125 Å². The average molecular weight is 569 g/mol. The third-order valence-electron chi connectivity index (χ3n) is 8.18. The lowest BCUT2D eigenvalue weighted by Gasteiger charge is -2.15. The standard InChI is InChI=1S/C41H32N2O/c1-44-41-17-5-14-35(26-41)29-8-2-11-32(20-29)38-23-39(33-12-3-9-30(21-33)36-15-6-18-42-27-36)25-40(24-38)34-13-4-10-31(22-34)37-16-7-19-43-28-37/h2-4,6-16,18-28H,5,17H2,1H3. The van der Waals surface area contributed by atoms with E-state index < -0.39 is 0 Å². The van der Waals surface area contributed by atoms with Crippen molar-refractivity contribution in [2.24, 2.45) is 0 Å². The molecule has 0 saturated carbocycles. The third-order valence-corrected chi connectivity index (χ3v) is 8.18. The zero-order chi connectivity index (χ0) is 29.7. The number of hydrogen-bond donors (Lipinski definition) is 0. The van der Waals surface area contributed by atoms with Gasteiger partial charge in [-0.15, -0.1) is 0 Å². The van der Waals surface area contributed by atoms with Gasteiger partial charge in [0.15, 0.2) is 0 Å². The lowest BCUT2D eigenvalue weighted by molar-refractivity contribution is 0.277. The molecule has 4 aromatic carbocycles. The molecule has 7 rings (SSSR count). The summed E-state index contributed by atoms with van der Waals surface area (Å²) in [6.45, 7) is 0. The third kappa shape index (κ3) is 5.86. The van der Waals surface area contributed by atoms with Crippen LogP contribution < -0.4 is 0 Å². The Kier molecular flexibility index (Phi) is 7.67. The van der Waals surface area contributed by atoms with Crippen molar-refractivity contribution in [3.63, 3.8) is 0 Å². The molecular formula is C41H32N2O. The number of nitrogens with zero attached hydrogens (tertiary/aromatic N) is 2. The molecule has 1 aliphatic rings. The SMILES string of the molecule is COC1=CC(c2cccc(-c3cc(-c4cccc(-c5cccnc5)c4)cc(-c4cccc(-c5cccnc5)c4)c3)c2)=CCC1. The van der Waals surface area contributed by atoms with E-state index in [0.29, 0.717) is 0 Å². The first-order valence-corrected chi connectivity index (χ1v) is 15.0. The number of ether oxygens (including phenoxy) is 1. The molecule has 0 saturated heterocycles. The molecule has 0 bridgehead atoms. The smallest absolute Gasteiger partial charge is 0.0964 e. The Hall–Kier alpha value is -5.54. The van der Waals surface area contributed by atoms with E-state index >= 15 is 0 Å². The molecule has 2 heterocycles. The monoisotopic (exact) mass is 568 g/mol. The van der Waals surface area contributed by atoms with Gasteiger partial charge in [0, 0.05) is 42.3 Å². The van der Waals surface area contributed by atoms with Crippen molar-refractivity contribution in [1.29, 1.82) is 0 Å². The van der Waals surface area contributed by atoms with Gasteiger partial charge in [0.2, 0.25) is 0 Å². The minimum Gasteiger partial charge on any atom is -0.501 e. The van der Waals surface area contributed by atoms with E-state index in [4.69, 9.17) is 4.74 Å². The summed E-state index contributed by atoms with van der Waals surface area (Å²) in [5.74, 6) is 1.03. The number of aromatic nitrogens is 2. The van der Waals surface area contributed by atoms with Gasteiger partial charge in [-0.05, 0) is 117 Å². The largest absolute Gasteiger partial charge is 0.501 e. The number of methoxy groups -OCH3 is 1. The zero-order valence-corrected chi connectivity index (χ0v) is 24.7. The maximum atomic E-state index is 5.58. The summed E-state index contributed by atoms with van der Waals surface area (Å²) in [5, 5.41) is 0. The van der Waals surface area contributed by atoms with Gasteiger partial charge in [-0.3, -0.25) is 9.97 Å².